The molecule has 0 spiro atoms. The van der Waals surface area contributed by atoms with Gasteiger partial charge in [-0.05, 0) is 30.3 Å². The van der Waals surface area contributed by atoms with Crippen LogP contribution in [-0.2, 0) is 13.1 Å². The number of pyridine rings is 1. The highest BCUT2D eigenvalue weighted by atomic mass is 16.5. The summed E-state index contributed by atoms with van der Waals surface area (Å²) in [4.78, 5) is 18.6. The summed E-state index contributed by atoms with van der Waals surface area (Å²) in [6.45, 7) is 1.73. The molecule has 3 aromatic rings. The van der Waals surface area contributed by atoms with Crippen LogP contribution in [0.1, 0.15) is 16.1 Å². The number of fused-ring (bicyclic) bond motifs is 1. The Morgan fingerprint density at radius 3 is 3.00 bits per heavy atom. The van der Waals surface area contributed by atoms with Crippen LogP contribution in [0.2, 0.25) is 0 Å². The fourth-order valence-electron chi connectivity index (χ4n) is 2.96. The Morgan fingerprint density at radius 1 is 1.25 bits per heavy atom. The van der Waals surface area contributed by atoms with E-state index in [0.717, 1.165) is 5.69 Å². The van der Waals surface area contributed by atoms with Gasteiger partial charge in [0.2, 0.25) is 0 Å². The van der Waals surface area contributed by atoms with Crippen LogP contribution < -0.4 is 4.74 Å². The Labute approximate surface area is 139 Å². The van der Waals surface area contributed by atoms with E-state index in [0.29, 0.717) is 30.9 Å². The highest BCUT2D eigenvalue weighted by Gasteiger charge is 2.27. The summed E-state index contributed by atoms with van der Waals surface area (Å²) in [5.74, 6) is 0.645. The molecule has 0 aromatic carbocycles. The minimum Gasteiger partial charge on any atom is -0.485 e. The minimum atomic E-state index is -0.154. The first-order valence-corrected chi connectivity index (χ1v) is 7.82. The number of amides is 1. The first kappa shape index (κ1) is 14.6. The monoisotopic (exact) mass is 323 g/mol. The molecule has 1 aliphatic rings. The van der Waals surface area contributed by atoms with E-state index in [9.17, 15) is 4.79 Å². The van der Waals surface area contributed by atoms with Crippen molar-refractivity contribution in [2.45, 2.75) is 19.2 Å². The van der Waals surface area contributed by atoms with E-state index < -0.39 is 0 Å². The summed E-state index contributed by atoms with van der Waals surface area (Å²) in [6.07, 6.45) is 8.24. The lowest BCUT2D eigenvalue weighted by Crippen LogP contribution is -2.38. The zero-order valence-corrected chi connectivity index (χ0v) is 13.0. The molecule has 0 aliphatic carbocycles. The number of rotatable bonds is 3. The summed E-state index contributed by atoms with van der Waals surface area (Å²) < 4.78 is 13.2. The van der Waals surface area contributed by atoms with Crippen LogP contribution in [0.15, 0.2) is 65.9 Å². The van der Waals surface area contributed by atoms with Gasteiger partial charge in [0.05, 0.1) is 37.7 Å². The van der Waals surface area contributed by atoms with Crippen LogP contribution in [0, 0.1) is 0 Å². The molecule has 6 heteroatoms. The molecule has 0 saturated heterocycles. The molecule has 0 fully saturated rings. The number of furan rings is 1. The van der Waals surface area contributed by atoms with Crippen LogP contribution in [0.5, 0.6) is 5.75 Å². The Morgan fingerprint density at radius 2 is 2.21 bits per heavy atom. The van der Waals surface area contributed by atoms with E-state index in [4.69, 9.17) is 9.15 Å². The van der Waals surface area contributed by atoms with Crippen molar-refractivity contribution in [3.8, 4) is 5.75 Å². The van der Waals surface area contributed by atoms with Gasteiger partial charge >= 0.3 is 0 Å². The molecule has 3 aromatic heterocycles. The molecule has 1 aliphatic heterocycles. The van der Waals surface area contributed by atoms with Crippen molar-refractivity contribution < 1.29 is 13.9 Å². The van der Waals surface area contributed by atoms with Crippen LogP contribution in [-0.4, -0.2) is 33.0 Å². The Hall–Kier alpha value is -3.02. The van der Waals surface area contributed by atoms with Gasteiger partial charge in [0.15, 0.2) is 0 Å². The second kappa shape index (κ2) is 6.23. The predicted octanol–water partition coefficient (Wildman–Crippen LogP) is 2.58. The van der Waals surface area contributed by atoms with Gasteiger partial charge in [0.25, 0.3) is 5.91 Å². The lowest BCUT2D eigenvalue weighted by molar-refractivity contribution is 0.0651. The zero-order valence-electron chi connectivity index (χ0n) is 13.0. The number of hydrogen-bond donors (Lipinski definition) is 0. The number of aromatic nitrogens is 2. The highest BCUT2D eigenvalue weighted by molar-refractivity contribution is 5.93. The van der Waals surface area contributed by atoms with Crippen molar-refractivity contribution in [2.24, 2.45) is 0 Å². The SMILES string of the molecule is O=C(c1ccoc1)N1Cc2cccn2C[C@H](Oc2cccnc2)C1. The fraction of sp³-hybridized carbons (Fsp3) is 0.222. The predicted molar refractivity (Wildman–Crippen MR) is 86.5 cm³/mol. The molecule has 1 amide bonds. The number of ether oxygens (including phenoxy) is 1. The smallest absolute Gasteiger partial charge is 0.257 e. The Bertz CT molecular complexity index is 811. The van der Waals surface area contributed by atoms with E-state index in [2.05, 4.69) is 9.55 Å². The molecule has 6 nitrogen and oxygen atoms in total. The molecule has 24 heavy (non-hydrogen) atoms. The van der Waals surface area contributed by atoms with Gasteiger partial charge in [-0.15, -0.1) is 0 Å². The van der Waals surface area contributed by atoms with E-state index >= 15 is 0 Å². The van der Waals surface area contributed by atoms with E-state index in [-0.39, 0.29) is 12.0 Å². The summed E-state index contributed by atoms with van der Waals surface area (Å²) >= 11 is 0. The van der Waals surface area contributed by atoms with E-state index in [1.807, 2.05) is 30.5 Å². The summed E-state index contributed by atoms with van der Waals surface area (Å²) in [5.41, 5.74) is 1.64. The number of hydrogen-bond acceptors (Lipinski definition) is 4. The van der Waals surface area contributed by atoms with Gasteiger partial charge in [-0.3, -0.25) is 9.78 Å². The molecule has 0 unspecified atom stereocenters. The Kier molecular flexibility index (Phi) is 3.78. The Balaban J connectivity index is 1.60. The van der Waals surface area contributed by atoms with Gasteiger partial charge < -0.3 is 18.6 Å². The normalized spacial score (nSPS) is 17.2. The second-order valence-corrected chi connectivity index (χ2v) is 5.78. The molecule has 0 bridgehead atoms. The number of nitrogens with zero attached hydrogens (tertiary/aromatic N) is 3. The third-order valence-electron chi connectivity index (χ3n) is 4.09. The summed E-state index contributed by atoms with van der Waals surface area (Å²) in [5, 5.41) is 0. The first-order chi connectivity index (χ1) is 11.8. The fourth-order valence-corrected chi connectivity index (χ4v) is 2.96. The minimum absolute atomic E-state index is 0.0572. The van der Waals surface area contributed by atoms with Crippen molar-refractivity contribution >= 4 is 5.91 Å². The molecule has 0 N–H and O–H groups in total. The van der Waals surface area contributed by atoms with Crippen LogP contribution in [0.4, 0.5) is 0 Å². The average Bonchev–Trinajstić information content (AvgIpc) is 3.24. The van der Waals surface area contributed by atoms with Gasteiger partial charge in [-0.25, -0.2) is 0 Å². The molecular formula is C18H17N3O3. The lowest BCUT2D eigenvalue weighted by atomic mass is 10.2. The number of carbonyl (C=O) groups is 1. The zero-order chi connectivity index (χ0) is 16.4. The maximum Gasteiger partial charge on any atom is 0.257 e. The van der Waals surface area contributed by atoms with Gasteiger partial charge in [-0.1, -0.05) is 0 Å². The largest absolute Gasteiger partial charge is 0.485 e. The summed E-state index contributed by atoms with van der Waals surface area (Å²) in [7, 11) is 0. The third kappa shape index (κ3) is 2.90. The van der Waals surface area contributed by atoms with Crippen molar-refractivity contribution in [3.05, 3.63) is 72.7 Å². The van der Waals surface area contributed by atoms with Crippen molar-refractivity contribution in [1.82, 2.24) is 14.5 Å². The van der Waals surface area contributed by atoms with Gasteiger partial charge in [0.1, 0.15) is 18.1 Å². The average molecular weight is 323 g/mol. The molecule has 122 valence electrons. The topological polar surface area (TPSA) is 60.5 Å². The van der Waals surface area contributed by atoms with Crippen molar-refractivity contribution in [1.29, 1.82) is 0 Å². The van der Waals surface area contributed by atoms with E-state index in [1.54, 1.807) is 23.4 Å². The maximum atomic E-state index is 12.7. The molecule has 4 rings (SSSR count). The second-order valence-electron chi connectivity index (χ2n) is 5.78. The quantitative estimate of drug-likeness (QED) is 0.743. The van der Waals surface area contributed by atoms with Crippen LogP contribution in [0.3, 0.4) is 0 Å². The molecule has 1 atom stereocenters. The lowest BCUT2D eigenvalue weighted by Gasteiger charge is -2.24. The van der Waals surface area contributed by atoms with Crippen molar-refractivity contribution in [3.63, 3.8) is 0 Å². The van der Waals surface area contributed by atoms with Gasteiger partial charge in [0, 0.05) is 18.1 Å². The van der Waals surface area contributed by atoms with Gasteiger partial charge in [-0.2, -0.15) is 0 Å². The van der Waals surface area contributed by atoms with E-state index in [1.165, 1.54) is 12.5 Å². The van der Waals surface area contributed by atoms with Crippen LogP contribution in [0.25, 0.3) is 0 Å². The molecular weight excluding hydrogens is 306 g/mol. The first-order valence-electron chi connectivity index (χ1n) is 7.82. The molecule has 0 radical (unpaired) electrons. The summed E-state index contributed by atoms with van der Waals surface area (Å²) in [6, 6.07) is 9.41. The maximum absolute atomic E-state index is 12.7. The van der Waals surface area contributed by atoms with Crippen molar-refractivity contribution in [2.75, 3.05) is 6.54 Å². The van der Waals surface area contributed by atoms with Crippen LogP contribution >= 0.6 is 0 Å². The highest BCUT2D eigenvalue weighted by Crippen LogP contribution is 2.20. The third-order valence-corrected chi connectivity index (χ3v) is 4.09. The number of carbonyl (C=O) groups excluding carboxylic acids is 1. The molecule has 0 saturated carbocycles. The molecule has 4 heterocycles. The standard InChI is InChI=1S/C18H17N3O3/c22-18(14-5-8-23-13-14)21-10-15-3-2-7-20(15)11-17(12-21)24-16-4-1-6-19-9-16/h1-9,13,17H,10-12H2/t17-/m0/s1.